The zero-order valence-electron chi connectivity index (χ0n) is 10.5. The number of aromatic nitrogens is 1. The van der Waals surface area contributed by atoms with E-state index in [4.69, 9.17) is 23.2 Å². The zero-order chi connectivity index (χ0) is 13.8. The number of pyridine rings is 1. The Balaban J connectivity index is 2.26. The van der Waals surface area contributed by atoms with Crippen LogP contribution in [-0.4, -0.2) is 10.8 Å². The van der Waals surface area contributed by atoms with Gasteiger partial charge in [-0.2, -0.15) is 0 Å². The molecule has 1 aromatic carbocycles. The molecule has 2 nitrogen and oxygen atoms in total. The van der Waals surface area contributed by atoms with Crippen molar-refractivity contribution < 1.29 is 4.79 Å². The van der Waals surface area contributed by atoms with E-state index in [1.165, 1.54) is 0 Å². The van der Waals surface area contributed by atoms with Gasteiger partial charge in [0.15, 0.2) is 5.78 Å². The van der Waals surface area contributed by atoms with Gasteiger partial charge in [-0.05, 0) is 35.7 Å². The molecule has 0 unspecified atom stereocenters. The van der Waals surface area contributed by atoms with Crippen LogP contribution >= 0.6 is 23.2 Å². The number of hydrogen-bond acceptors (Lipinski definition) is 2. The highest BCUT2D eigenvalue weighted by Crippen LogP contribution is 2.22. The Labute approximate surface area is 122 Å². The van der Waals surface area contributed by atoms with Gasteiger partial charge in [0, 0.05) is 22.7 Å². The molecule has 19 heavy (non-hydrogen) atoms. The number of ketones is 1. The fourth-order valence-corrected chi connectivity index (χ4v) is 2.37. The number of nitrogens with zero attached hydrogens (tertiary/aromatic N) is 1. The molecule has 0 N–H and O–H groups in total. The number of aryl methyl sites for hydroxylation is 1. The molecule has 0 radical (unpaired) electrons. The zero-order valence-corrected chi connectivity index (χ0v) is 12.0. The molecule has 0 aliphatic carbocycles. The predicted molar refractivity (Wildman–Crippen MR) is 78.1 cm³/mol. The van der Waals surface area contributed by atoms with Crippen molar-refractivity contribution in [2.75, 3.05) is 0 Å². The van der Waals surface area contributed by atoms with Crippen molar-refractivity contribution in [3.8, 4) is 0 Å². The number of Topliss-reactive ketones (excluding diaryl/α,β-unsaturated/α-hetero) is 1. The van der Waals surface area contributed by atoms with Gasteiger partial charge in [-0.3, -0.25) is 9.78 Å². The summed E-state index contributed by atoms with van der Waals surface area (Å²) in [5.41, 5.74) is 2.25. The maximum atomic E-state index is 12.3. The molecular weight excluding hydrogens is 281 g/mol. The summed E-state index contributed by atoms with van der Waals surface area (Å²) in [5, 5.41) is 1.07. The fourth-order valence-electron chi connectivity index (χ4n) is 1.90. The van der Waals surface area contributed by atoms with Crippen LogP contribution in [0.4, 0.5) is 0 Å². The Kier molecular flexibility index (Phi) is 4.56. The van der Waals surface area contributed by atoms with Crippen LogP contribution in [0.25, 0.3) is 0 Å². The van der Waals surface area contributed by atoms with Crippen LogP contribution in [0.1, 0.15) is 28.5 Å². The van der Waals surface area contributed by atoms with Gasteiger partial charge < -0.3 is 0 Å². The van der Waals surface area contributed by atoms with E-state index in [-0.39, 0.29) is 12.2 Å². The first-order valence-corrected chi connectivity index (χ1v) is 6.78. The van der Waals surface area contributed by atoms with Crippen LogP contribution in [0.5, 0.6) is 0 Å². The molecule has 2 rings (SSSR count). The maximum Gasteiger partial charge on any atom is 0.185 e. The van der Waals surface area contributed by atoms with E-state index in [9.17, 15) is 4.79 Å². The first-order valence-electron chi connectivity index (χ1n) is 6.03. The molecule has 0 amide bonds. The minimum absolute atomic E-state index is 0.0262. The molecule has 1 heterocycles. The third-order valence-corrected chi connectivity index (χ3v) is 3.49. The summed E-state index contributed by atoms with van der Waals surface area (Å²) in [7, 11) is 0. The molecule has 0 fully saturated rings. The number of rotatable bonds is 4. The van der Waals surface area contributed by atoms with Crippen molar-refractivity contribution >= 4 is 29.0 Å². The number of halogens is 2. The Morgan fingerprint density at radius 1 is 1.21 bits per heavy atom. The number of carbonyl (C=O) groups is 1. The van der Waals surface area contributed by atoms with Gasteiger partial charge in [0.25, 0.3) is 0 Å². The van der Waals surface area contributed by atoms with Crippen LogP contribution in [0.2, 0.25) is 10.0 Å². The van der Waals surface area contributed by atoms with E-state index in [2.05, 4.69) is 4.98 Å². The molecule has 1 aromatic heterocycles. The largest absolute Gasteiger partial charge is 0.292 e. The standard InChI is InChI=1S/C15H13Cl2NO/c1-2-10-4-3-7-18-15(10)14(19)8-11-5-6-12(16)9-13(11)17/h3-7,9H,2,8H2,1H3. The fraction of sp³-hybridized carbons (Fsp3) is 0.200. The van der Waals surface area contributed by atoms with Gasteiger partial charge in [-0.15, -0.1) is 0 Å². The number of hydrogen-bond donors (Lipinski definition) is 0. The maximum absolute atomic E-state index is 12.3. The van der Waals surface area contributed by atoms with E-state index in [0.717, 1.165) is 17.5 Å². The van der Waals surface area contributed by atoms with E-state index < -0.39 is 0 Å². The van der Waals surface area contributed by atoms with Gasteiger partial charge in [0.2, 0.25) is 0 Å². The minimum atomic E-state index is -0.0262. The highest BCUT2D eigenvalue weighted by atomic mass is 35.5. The van der Waals surface area contributed by atoms with Crippen LogP contribution in [-0.2, 0) is 12.8 Å². The molecule has 0 atom stereocenters. The highest BCUT2D eigenvalue weighted by Gasteiger charge is 2.14. The first kappa shape index (κ1) is 14.0. The van der Waals surface area contributed by atoms with Gasteiger partial charge in [0.1, 0.15) is 5.69 Å². The van der Waals surface area contributed by atoms with Crippen LogP contribution in [0.3, 0.4) is 0 Å². The molecule has 0 spiro atoms. The van der Waals surface area contributed by atoms with Gasteiger partial charge in [-0.25, -0.2) is 0 Å². The van der Waals surface area contributed by atoms with Crippen LogP contribution in [0, 0.1) is 0 Å². The average molecular weight is 294 g/mol. The van der Waals surface area contributed by atoms with Crippen molar-refractivity contribution in [3.63, 3.8) is 0 Å². The number of carbonyl (C=O) groups excluding carboxylic acids is 1. The second kappa shape index (κ2) is 6.18. The van der Waals surface area contributed by atoms with Crippen molar-refractivity contribution in [1.82, 2.24) is 4.98 Å². The first-order chi connectivity index (χ1) is 9.11. The Bertz CT molecular complexity index is 611. The topological polar surface area (TPSA) is 30.0 Å². The van der Waals surface area contributed by atoms with Crippen molar-refractivity contribution in [1.29, 1.82) is 0 Å². The second-order valence-electron chi connectivity index (χ2n) is 4.20. The summed E-state index contributed by atoms with van der Waals surface area (Å²) in [5.74, 6) is -0.0262. The lowest BCUT2D eigenvalue weighted by molar-refractivity contribution is 0.0987. The molecule has 0 aliphatic rings. The SMILES string of the molecule is CCc1cccnc1C(=O)Cc1ccc(Cl)cc1Cl. The molecule has 4 heteroatoms. The second-order valence-corrected chi connectivity index (χ2v) is 5.04. The van der Waals surface area contributed by atoms with E-state index >= 15 is 0 Å². The molecular formula is C15H13Cl2NO. The summed E-state index contributed by atoms with van der Waals surface area (Å²) in [6.45, 7) is 2.00. The van der Waals surface area contributed by atoms with Gasteiger partial charge in [0.05, 0.1) is 0 Å². The summed E-state index contributed by atoms with van der Waals surface area (Å²) in [6, 6.07) is 8.91. The molecule has 98 valence electrons. The quantitative estimate of drug-likeness (QED) is 0.783. The third kappa shape index (κ3) is 3.34. The Morgan fingerprint density at radius 3 is 2.68 bits per heavy atom. The molecule has 2 aromatic rings. The van der Waals surface area contributed by atoms with Crippen LogP contribution < -0.4 is 0 Å². The third-order valence-electron chi connectivity index (χ3n) is 2.90. The molecule has 0 saturated heterocycles. The lowest BCUT2D eigenvalue weighted by Gasteiger charge is -2.07. The molecule has 0 aliphatic heterocycles. The van der Waals surface area contributed by atoms with E-state index in [1.807, 2.05) is 19.1 Å². The number of benzene rings is 1. The van der Waals surface area contributed by atoms with Crippen molar-refractivity contribution in [2.24, 2.45) is 0 Å². The predicted octanol–water partition coefficient (Wildman–Crippen LogP) is 4.38. The van der Waals surface area contributed by atoms with Gasteiger partial charge in [-0.1, -0.05) is 42.3 Å². The molecule has 0 saturated carbocycles. The minimum Gasteiger partial charge on any atom is -0.292 e. The summed E-state index contributed by atoms with van der Waals surface area (Å²) in [4.78, 5) is 16.5. The molecule has 0 bridgehead atoms. The summed E-state index contributed by atoms with van der Waals surface area (Å²) in [6.07, 6.45) is 2.65. The van der Waals surface area contributed by atoms with E-state index in [1.54, 1.807) is 24.4 Å². The van der Waals surface area contributed by atoms with Crippen LogP contribution in [0.15, 0.2) is 36.5 Å². The Morgan fingerprint density at radius 2 is 2.00 bits per heavy atom. The normalized spacial score (nSPS) is 10.5. The summed E-state index contributed by atoms with van der Waals surface area (Å²) < 4.78 is 0. The summed E-state index contributed by atoms with van der Waals surface area (Å²) >= 11 is 11.9. The monoisotopic (exact) mass is 293 g/mol. The van der Waals surface area contributed by atoms with Crippen molar-refractivity contribution in [2.45, 2.75) is 19.8 Å². The van der Waals surface area contributed by atoms with Gasteiger partial charge >= 0.3 is 0 Å². The lowest BCUT2D eigenvalue weighted by Crippen LogP contribution is -2.09. The van der Waals surface area contributed by atoms with Crippen molar-refractivity contribution in [3.05, 3.63) is 63.4 Å². The highest BCUT2D eigenvalue weighted by molar-refractivity contribution is 6.35. The smallest absolute Gasteiger partial charge is 0.185 e. The lowest BCUT2D eigenvalue weighted by atomic mass is 10.0. The Hall–Kier alpha value is -1.38. The van der Waals surface area contributed by atoms with E-state index in [0.29, 0.717) is 15.7 Å². The average Bonchev–Trinajstić information content (AvgIpc) is 2.41.